The topological polar surface area (TPSA) is 58.4 Å². The van der Waals surface area contributed by atoms with Crippen LogP contribution in [0, 0.1) is 5.92 Å². The maximum absolute atomic E-state index is 12.9. The molecule has 0 radical (unpaired) electrons. The zero-order valence-corrected chi connectivity index (χ0v) is 12.8. The summed E-state index contributed by atoms with van der Waals surface area (Å²) in [5.41, 5.74) is 0.722. The second-order valence-electron chi connectivity index (χ2n) is 6.31. The minimum absolute atomic E-state index is 0.0426. The molecule has 2 aliphatic heterocycles. The molecular formula is C15H22N4O2. The molecule has 3 rings (SSSR count). The Labute approximate surface area is 124 Å². The molecule has 0 spiro atoms. The first kappa shape index (κ1) is 14.1. The first-order valence-electron chi connectivity index (χ1n) is 7.63. The van der Waals surface area contributed by atoms with Crippen LogP contribution in [-0.4, -0.2) is 45.1 Å². The molecule has 3 heterocycles. The number of hydrogen-bond acceptors (Lipinski definition) is 3. The van der Waals surface area contributed by atoms with Crippen molar-refractivity contribution in [2.24, 2.45) is 13.0 Å². The Morgan fingerprint density at radius 3 is 2.62 bits per heavy atom. The van der Waals surface area contributed by atoms with E-state index in [0.29, 0.717) is 6.54 Å². The van der Waals surface area contributed by atoms with Gasteiger partial charge >= 0.3 is 0 Å². The molecule has 2 saturated heterocycles. The number of hydrogen-bond donors (Lipinski definition) is 0. The number of piperidine rings is 1. The summed E-state index contributed by atoms with van der Waals surface area (Å²) in [4.78, 5) is 29.2. The SMILES string of the molecule is CC(C)C1C(=O)N2CCCCC2C(=O)N1c1cnn(C)c1. The van der Waals surface area contributed by atoms with E-state index < -0.39 is 6.04 Å². The summed E-state index contributed by atoms with van der Waals surface area (Å²) in [6.07, 6.45) is 6.24. The number of carbonyl (C=O) groups is 2. The van der Waals surface area contributed by atoms with Crippen molar-refractivity contribution in [2.45, 2.75) is 45.2 Å². The van der Waals surface area contributed by atoms with E-state index >= 15 is 0 Å². The summed E-state index contributed by atoms with van der Waals surface area (Å²) in [6.45, 7) is 4.69. The molecule has 2 amide bonds. The lowest BCUT2D eigenvalue weighted by Gasteiger charge is -2.47. The quantitative estimate of drug-likeness (QED) is 0.821. The van der Waals surface area contributed by atoms with Gasteiger partial charge in [0.05, 0.1) is 11.9 Å². The molecule has 0 bridgehead atoms. The van der Waals surface area contributed by atoms with E-state index in [4.69, 9.17) is 0 Å². The third-order valence-corrected chi connectivity index (χ3v) is 4.44. The second kappa shape index (κ2) is 5.16. The molecule has 2 unspecified atom stereocenters. The molecule has 0 N–H and O–H groups in total. The van der Waals surface area contributed by atoms with Crippen LogP contribution in [0.2, 0.25) is 0 Å². The van der Waals surface area contributed by atoms with Crippen LogP contribution < -0.4 is 4.90 Å². The monoisotopic (exact) mass is 290 g/mol. The molecule has 0 aromatic carbocycles. The summed E-state index contributed by atoms with van der Waals surface area (Å²) in [5.74, 6) is 0.198. The highest BCUT2D eigenvalue weighted by atomic mass is 16.2. The minimum Gasteiger partial charge on any atom is -0.329 e. The number of carbonyl (C=O) groups excluding carboxylic acids is 2. The second-order valence-corrected chi connectivity index (χ2v) is 6.31. The fraction of sp³-hybridized carbons (Fsp3) is 0.667. The third kappa shape index (κ3) is 2.22. The number of aromatic nitrogens is 2. The van der Waals surface area contributed by atoms with Crippen molar-refractivity contribution in [2.75, 3.05) is 11.4 Å². The van der Waals surface area contributed by atoms with E-state index in [0.717, 1.165) is 24.9 Å². The first-order valence-corrected chi connectivity index (χ1v) is 7.63. The van der Waals surface area contributed by atoms with Crippen molar-refractivity contribution < 1.29 is 9.59 Å². The van der Waals surface area contributed by atoms with Crippen LogP contribution in [0.3, 0.4) is 0 Å². The van der Waals surface area contributed by atoms with E-state index in [1.165, 1.54) is 0 Å². The van der Waals surface area contributed by atoms with Crippen molar-refractivity contribution in [1.29, 1.82) is 0 Å². The molecule has 1 aromatic rings. The molecule has 0 saturated carbocycles. The molecule has 2 aliphatic rings. The smallest absolute Gasteiger partial charge is 0.250 e. The Balaban J connectivity index is 2.02. The first-order chi connectivity index (χ1) is 10.0. The summed E-state index contributed by atoms with van der Waals surface area (Å²) >= 11 is 0. The van der Waals surface area contributed by atoms with Crippen LogP contribution in [0.4, 0.5) is 5.69 Å². The van der Waals surface area contributed by atoms with E-state index in [1.807, 2.05) is 20.9 Å². The predicted octanol–water partition coefficient (Wildman–Crippen LogP) is 1.17. The van der Waals surface area contributed by atoms with Crippen LogP contribution >= 0.6 is 0 Å². The lowest BCUT2D eigenvalue weighted by Crippen LogP contribution is -2.67. The maximum atomic E-state index is 12.9. The van der Waals surface area contributed by atoms with Gasteiger partial charge in [0.25, 0.3) is 5.91 Å². The molecule has 6 nitrogen and oxygen atoms in total. The zero-order valence-electron chi connectivity index (χ0n) is 12.8. The summed E-state index contributed by atoms with van der Waals surface area (Å²) in [5, 5.41) is 4.15. The van der Waals surface area contributed by atoms with Crippen LogP contribution in [0.25, 0.3) is 0 Å². The number of aryl methyl sites for hydroxylation is 1. The molecule has 6 heteroatoms. The fourth-order valence-electron chi connectivity index (χ4n) is 3.43. The number of piperazine rings is 1. The van der Waals surface area contributed by atoms with Gasteiger partial charge in [0.1, 0.15) is 12.1 Å². The number of nitrogens with zero attached hydrogens (tertiary/aromatic N) is 4. The maximum Gasteiger partial charge on any atom is 0.250 e. The van der Waals surface area contributed by atoms with Crippen LogP contribution in [0.15, 0.2) is 12.4 Å². The fourth-order valence-corrected chi connectivity index (χ4v) is 3.43. The molecule has 21 heavy (non-hydrogen) atoms. The van der Waals surface area contributed by atoms with Crippen molar-refractivity contribution in [1.82, 2.24) is 14.7 Å². The van der Waals surface area contributed by atoms with E-state index in [2.05, 4.69) is 5.10 Å². The van der Waals surface area contributed by atoms with Crippen LogP contribution in [-0.2, 0) is 16.6 Å². The number of anilines is 1. The van der Waals surface area contributed by atoms with Gasteiger partial charge in [-0.2, -0.15) is 5.10 Å². The van der Waals surface area contributed by atoms with Gasteiger partial charge in [0.2, 0.25) is 5.91 Å². The number of fused-ring (bicyclic) bond motifs is 1. The number of rotatable bonds is 2. The summed E-state index contributed by atoms with van der Waals surface area (Å²) in [6, 6.07) is -0.711. The third-order valence-electron chi connectivity index (χ3n) is 4.44. The van der Waals surface area contributed by atoms with Crippen molar-refractivity contribution in [3.05, 3.63) is 12.4 Å². The van der Waals surface area contributed by atoms with Gasteiger partial charge in [-0.3, -0.25) is 19.2 Å². The highest BCUT2D eigenvalue weighted by Gasteiger charge is 2.48. The van der Waals surface area contributed by atoms with Crippen molar-refractivity contribution >= 4 is 17.5 Å². The van der Waals surface area contributed by atoms with Gasteiger partial charge in [-0.05, 0) is 25.2 Å². The summed E-state index contributed by atoms with van der Waals surface area (Å²) < 4.78 is 1.66. The molecule has 2 fully saturated rings. The Hall–Kier alpha value is -1.85. The van der Waals surface area contributed by atoms with Crippen molar-refractivity contribution in [3.63, 3.8) is 0 Å². The normalized spacial score (nSPS) is 26.5. The molecule has 2 atom stereocenters. The van der Waals surface area contributed by atoms with Gasteiger partial charge < -0.3 is 4.90 Å². The van der Waals surface area contributed by atoms with Crippen LogP contribution in [0.5, 0.6) is 0 Å². The largest absolute Gasteiger partial charge is 0.329 e. The molecular weight excluding hydrogens is 268 g/mol. The van der Waals surface area contributed by atoms with Gasteiger partial charge in [0, 0.05) is 19.8 Å². The highest BCUT2D eigenvalue weighted by molar-refractivity contribution is 6.08. The highest BCUT2D eigenvalue weighted by Crippen LogP contribution is 2.32. The Morgan fingerprint density at radius 1 is 1.24 bits per heavy atom. The Bertz CT molecular complexity index is 566. The van der Waals surface area contributed by atoms with E-state index in [-0.39, 0.29) is 23.8 Å². The van der Waals surface area contributed by atoms with E-state index in [9.17, 15) is 9.59 Å². The predicted molar refractivity (Wildman–Crippen MR) is 78.7 cm³/mol. The lowest BCUT2D eigenvalue weighted by atomic mass is 9.90. The van der Waals surface area contributed by atoms with Gasteiger partial charge in [-0.25, -0.2) is 0 Å². The van der Waals surface area contributed by atoms with Gasteiger partial charge in [-0.15, -0.1) is 0 Å². The Kier molecular flexibility index (Phi) is 3.47. The molecule has 0 aliphatic carbocycles. The summed E-state index contributed by atoms with van der Waals surface area (Å²) in [7, 11) is 1.82. The average molecular weight is 290 g/mol. The lowest BCUT2D eigenvalue weighted by molar-refractivity contribution is -0.149. The van der Waals surface area contributed by atoms with Gasteiger partial charge in [0.15, 0.2) is 0 Å². The molecule has 1 aromatic heterocycles. The standard InChI is InChI=1S/C15H22N4O2/c1-10(2)13-15(21)18-7-5-4-6-12(18)14(20)19(13)11-8-16-17(3)9-11/h8-10,12-13H,4-7H2,1-3H3. The average Bonchev–Trinajstić information content (AvgIpc) is 2.88. The molecule has 114 valence electrons. The Morgan fingerprint density at radius 2 is 2.00 bits per heavy atom. The van der Waals surface area contributed by atoms with Gasteiger partial charge in [-0.1, -0.05) is 13.8 Å². The minimum atomic E-state index is -0.420. The zero-order chi connectivity index (χ0) is 15.1. The van der Waals surface area contributed by atoms with Crippen LogP contribution in [0.1, 0.15) is 33.1 Å². The number of amides is 2. The van der Waals surface area contributed by atoms with E-state index in [1.54, 1.807) is 26.9 Å². The van der Waals surface area contributed by atoms with Crippen molar-refractivity contribution in [3.8, 4) is 0 Å².